The fourth-order valence-corrected chi connectivity index (χ4v) is 3.32. The predicted octanol–water partition coefficient (Wildman–Crippen LogP) is 6.56. The summed E-state index contributed by atoms with van der Waals surface area (Å²) in [7, 11) is 1.67. The normalized spacial score (nSPS) is 10.8. The molecule has 5 N–H and O–H groups in total. The van der Waals surface area contributed by atoms with Gasteiger partial charge in [-0.25, -0.2) is 0 Å². The van der Waals surface area contributed by atoms with Crippen LogP contribution in [0, 0.1) is 6.92 Å². The highest BCUT2D eigenvalue weighted by Gasteiger charge is 1.99. The molecule has 36 heavy (non-hydrogen) atoms. The minimum atomic E-state index is -0.198. The molecule has 0 aliphatic heterocycles. The number of phenolic OH excluding ortho intramolecular Hbond substituents is 5. The molecule has 0 unspecified atom stereocenters. The van der Waals surface area contributed by atoms with E-state index in [1.165, 1.54) is 35.9 Å². The first-order valence-corrected chi connectivity index (χ1v) is 11.1. The van der Waals surface area contributed by atoms with Gasteiger partial charge in [-0.15, -0.1) is 0 Å². The molecule has 0 radical (unpaired) electrons. The molecule has 4 rings (SSSR count). The van der Waals surface area contributed by atoms with Crippen molar-refractivity contribution in [3.63, 3.8) is 0 Å². The molecule has 0 bridgehead atoms. The minimum absolute atomic E-state index is 0.0248. The van der Waals surface area contributed by atoms with Gasteiger partial charge in [-0.3, -0.25) is 0 Å². The monoisotopic (exact) mass is 484 g/mol. The largest absolute Gasteiger partial charge is 0.508 e. The van der Waals surface area contributed by atoms with Crippen LogP contribution in [-0.4, -0.2) is 32.6 Å². The first kappa shape index (κ1) is 25.8. The number of methoxy groups -OCH3 is 1. The van der Waals surface area contributed by atoms with Crippen molar-refractivity contribution in [3.05, 3.63) is 107 Å². The van der Waals surface area contributed by atoms with E-state index in [1.807, 2.05) is 43.3 Å². The topological polar surface area (TPSA) is 110 Å². The molecule has 6 nitrogen and oxygen atoms in total. The molecule has 0 heterocycles. The number of aryl methyl sites for hydroxylation is 1. The first-order chi connectivity index (χ1) is 17.2. The Labute approximate surface area is 210 Å². The Balaban J connectivity index is 0.000000201. The third-order valence-electron chi connectivity index (χ3n) is 5.06. The summed E-state index contributed by atoms with van der Waals surface area (Å²) < 4.78 is 5.24. The van der Waals surface area contributed by atoms with E-state index < -0.39 is 0 Å². The molecule has 0 saturated heterocycles. The zero-order valence-electron chi connectivity index (χ0n) is 20.0. The van der Waals surface area contributed by atoms with E-state index in [4.69, 9.17) is 9.84 Å². The van der Waals surface area contributed by atoms with Crippen LogP contribution < -0.4 is 4.74 Å². The van der Waals surface area contributed by atoms with Crippen LogP contribution in [0.3, 0.4) is 0 Å². The van der Waals surface area contributed by atoms with Gasteiger partial charge in [0.05, 0.1) is 7.11 Å². The summed E-state index contributed by atoms with van der Waals surface area (Å²) in [5.41, 5.74) is 4.63. The molecule has 6 heteroatoms. The number of rotatable bonds is 5. The van der Waals surface area contributed by atoms with Crippen LogP contribution in [0.25, 0.3) is 24.3 Å². The lowest BCUT2D eigenvalue weighted by Gasteiger charge is -2.03. The molecule has 4 aromatic rings. The van der Waals surface area contributed by atoms with E-state index in [1.54, 1.807) is 37.5 Å². The zero-order chi connectivity index (χ0) is 26.1. The Bertz CT molecular complexity index is 1350. The van der Waals surface area contributed by atoms with Gasteiger partial charge in [0.15, 0.2) is 11.5 Å². The molecule has 4 aromatic carbocycles. The lowest BCUT2D eigenvalue weighted by atomic mass is 10.1. The lowest BCUT2D eigenvalue weighted by molar-refractivity contribution is 0.403. The third kappa shape index (κ3) is 7.88. The lowest BCUT2D eigenvalue weighted by Crippen LogP contribution is -1.85. The maximum atomic E-state index is 9.32. The zero-order valence-corrected chi connectivity index (χ0v) is 20.0. The van der Waals surface area contributed by atoms with Crippen molar-refractivity contribution in [2.45, 2.75) is 6.92 Å². The molecule has 0 saturated carbocycles. The summed E-state index contributed by atoms with van der Waals surface area (Å²) in [6.45, 7) is 2.04. The Morgan fingerprint density at radius 1 is 0.500 bits per heavy atom. The second-order valence-electron chi connectivity index (χ2n) is 8.07. The van der Waals surface area contributed by atoms with Gasteiger partial charge < -0.3 is 30.3 Å². The molecule has 0 fully saturated rings. The van der Waals surface area contributed by atoms with Crippen LogP contribution in [0.4, 0.5) is 0 Å². The number of benzene rings is 4. The molecule has 0 aromatic heterocycles. The number of ether oxygens (including phenoxy) is 1. The van der Waals surface area contributed by atoms with Crippen LogP contribution in [-0.2, 0) is 0 Å². The van der Waals surface area contributed by atoms with Gasteiger partial charge in [-0.2, -0.15) is 0 Å². The van der Waals surface area contributed by atoms with Crippen molar-refractivity contribution in [3.8, 4) is 34.5 Å². The van der Waals surface area contributed by atoms with Gasteiger partial charge in [0.25, 0.3) is 0 Å². The fourth-order valence-electron chi connectivity index (χ4n) is 3.32. The van der Waals surface area contributed by atoms with Crippen molar-refractivity contribution in [1.29, 1.82) is 0 Å². The van der Waals surface area contributed by atoms with Crippen LogP contribution in [0.2, 0.25) is 0 Å². The van der Waals surface area contributed by atoms with E-state index >= 15 is 0 Å². The summed E-state index contributed by atoms with van der Waals surface area (Å²) >= 11 is 0. The fraction of sp³-hybridized carbons (Fsp3) is 0.0667. The standard InChI is InChI=1S/C16H16O2.C14H12O4/c1-12-9-14(11-16(10-12)18-2)4-3-13-5-7-15(17)8-6-13;15-11-5-10(6-12(16)8-11)2-1-9-3-4-13(17)14(18)7-9/h3-11,17H,1-2H3;1-8,15-18H/b4-3+;2-1+. The van der Waals surface area contributed by atoms with Crippen molar-refractivity contribution in [1.82, 2.24) is 0 Å². The molecule has 0 aliphatic carbocycles. The summed E-state index contributed by atoms with van der Waals surface area (Å²) in [5.74, 6) is 0.717. The van der Waals surface area contributed by atoms with Crippen LogP contribution in [0.1, 0.15) is 27.8 Å². The summed E-state index contributed by atoms with van der Waals surface area (Å²) in [6.07, 6.45) is 7.40. The second kappa shape index (κ2) is 12.0. The molecule has 0 aliphatic rings. The molecule has 0 amide bonds. The highest BCUT2D eigenvalue weighted by Crippen LogP contribution is 2.27. The Morgan fingerprint density at radius 3 is 1.67 bits per heavy atom. The van der Waals surface area contributed by atoms with Gasteiger partial charge in [-0.05, 0) is 83.3 Å². The van der Waals surface area contributed by atoms with E-state index in [9.17, 15) is 20.4 Å². The average molecular weight is 485 g/mol. The summed E-state index contributed by atoms with van der Waals surface area (Å²) in [4.78, 5) is 0. The quantitative estimate of drug-likeness (QED) is 0.162. The van der Waals surface area contributed by atoms with Crippen molar-refractivity contribution in [2.75, 3.05) is 7.11 Å². The van der Waals surface area contributed by atoms with E-state index in [2.05, 4.69) is 6.07 Å². The maximum absolute atomic E-state index is 9.32. The van der Waals surface area contributed by atoms with Crippen molar-refractivity contribution in [2.24, 2.45) is 0 Å². The van der Waals surface area contributed by atoms with Crippen LogP contribution in [0.5, 0.6) is 34.5 Å². The van der Waals surface area contributed by atoms with Crippen molar-refractivity contribution < 1.29 is 30.3 Å². The van der Waals surface area contributed by atoms with Gasteiger partial charge in [-0.1, -0.05) is 48.6 Å². The smallest absolute Gasteiger partial charge is 0.157 e. The molecular weight excluding hydrogens is 456 g/mol. The van der Waals surface area contributed by atoms with E-state index in [-0.39, 0.29) is 28.7 Å². The highest BCUT2D eigenvalue weighted by molar-refractivity contribution is 5.72. The number of hydrogen-bond acceptors (Lipinski definition) is 6. The average Bonchev–Trinajstić information content (AvgIpc) is 2.84. The van der Waals surface area contributed by atoms with E-state index in [0.29, 0.717) is 11.1 Å². The Hall–Kier alpha value is -4.84. The van der Waals surface area contributed by atoms with Crippen LogP contribution >= 0.6 is 0 Å². The van der Waals surface area contributed by atoms with Gasteiger partial charge in [0.2, 0.25) is 0 Å². The Kier molecular flexibility index (Phi) is 8.62. The molecule has 184 valence electrons. The van der Waals surface area contributed by atoms with Crippen LogP contribution in [0.15, 0.2) is 78.9 Å². The SMILES string of the molecule is COc1cc(C)cc(/C=C/c2ccc(O)cc2)c1.Oc1cc(O)cc(/C=C/c2ccc(O)c(O)c2)c1. The molecule has 0 spiro atoms. The number of phenols is 5. The maximum Gasteiger partial charge on any atom is 0.157 e. The van der Waals surface area contributed by atoms with E-state index in [0.717, 1.165) is 16.9 Å². The first-order valence-electron chi connectivity index (χ1n) is 11.1. The number of aromatic hydroxyl groups is 5. The Morgan fingerprint density at radius 2 is 1.06 bits per heavy atom. The second-order valence-corrected chi connectivity index (χ2v) is 8.07. The predicted molar refractivity (Wildman–Crippen MR) is 143 cm³/mol. The van der Waals surface area contributed by atoms with Gasteiger partial charge in [0.1, 0.15) is 23.0 Å². The van der Waals surface area contributed by atoms with Gasteiger partial charge in [0, 0.05) is 6.07 Å². The highest BCUT2D eigenvalue weighted by atomic mass is 16.5. The third-order valence-corrected chi connectivity index (χ3v) is 5.06. The minimum Gasteiger partial charge on any atom is -0.508 e. The summed E-state index contributed by atoms with van der Waals surface area (Å²) in [6, 6.07) is 21.8. The van der Waals surface area contributed by atoms with Gasteiger partial charge >= 0.3 is 0 Å². The number of hydrogen-bond donors (Lipinski definition) is 5. The van der Waals surface area contributed by atoms with Crippen molar-refractivity contribution >= 4 is 24.3 Å². The molecule has 0 atom stereocenters. The molecular formula is C30H28O6. The summed E-state index contributed by atoms with van der Waals surface area (Å²) in [5, 5.41) is 46.3.